The van der Waals surface area contributed by atoms with E-state index in [1.54, 1.807) is 12.1 Å². The Labute approximate surface area is 171 Å². The molecule has 1 amide bonds. The highest BCUT2D eigenvalue weighted by molar-refractivity contribution is 7.89. The second kappa shape index (κ2) is 8.64. The monoisotopic (exact) mass is 420 g/mol. The van der Waals surface area contributed by atoms with Crippen LogP contribution in [0.3, 0.4) is 0 Å². The Morgan fingerprint density at radius 1 is 1.11 bits per heavy atom. The summed E-state index contributed by atoms with van der Waals surface area (Å²) in [5.74, 6) is -0.00999. The zero-order valence-electron chi connectivity index (χ0n) is 16.1. The van der Waals surface area contributed by atoms with Crippen molar-refractivity contribution in [1.82, 2.24) is 4.31 Å². The summed E-state index contributed by atoms with van der Waals surface area (Å²) in [4.78, 5) is 12.6. The zero-order chi connectivity index (χ0) is 20.3. The SMILES string of the molecule is CCC(CC)C(=O)Nc1ccc2c(c1)CN(S(=O)(=O)c1ccc(Cl)cc1)CC2. The van der Waals surface area contributed by atoms with Crippen LogP contribution in [0, 0.1) is 5.92 Å². The number of nitrogens with one attached hydrogen (secondary N) is 1. The summed E-state index contributed by atoms with van der Waals surface area (Å²) in [5, 5.41) is 3.46. The van der Waals surface area contributed by atoms with Gasteiger partial charge in [-0.05, 0) is 66.8 Å². The molecule has 0 fully saturated rings. The van der Waals surface area contributed by atoms with Crippen LogP contribution in [0.4, 0.5) is 5.69 Å². The highest BCUT2D eigenvalue weighted by Gasteiger charge is 2.28. The number of fused-ring (bicyclic) bond motifs is 1. The molecular formula is C21H25ClN2O3S. The number of nitrogens with zero attached hydrogens (tertiary/aromatic N) is 1. The van der Waals surface area contributed by atoms with Gasteiger partial charge in [0.1, 0.15) is 0 Å². The number of hydrogen-bond acceptors (Lipinski definition) is 3. The molecule has 7 heteroatoms. The summed E-state index contributed by atoms with van der Waals surface area (Å²) in [5.41, 5.74) is 2.75. The maximum Gasteiger partial charge on any atom is 0.243 e. The van der Waals surface area contributed by atoms with E-state index in [1.807, 2.05) is 32.0 Å². The van der Waals surface area contributed by atoms with E-state index in [9.17, 15) is 13.2 Å². The normalized spacial score (nSPS) is 14.7. The number of amides is 1. The van der Waals surface area contributed by atoms with Gasteiger partial charge in [0, 0.05) is 29.7 Å². The van der Waals surface area contributed by atoms with E-state index < -0.39 is 10.0 Å². The van der Waals surface area contributed by atoms with Crippen LogP contribution in [-0.2, 0) is 27.8 Å². The first kappa shape index (κ1) is 20.8. The molecule has 0 aliphatic carbocycles. The molecule has 0 spiro atoms. The van der Waals surface area contributed by atoms with Crippen molar-refractivity contribution >= 4 is 33.2 Å². The molecule has 1 N–H and O–H groups in total. The quantitative estimate of drug-likeness (QED) is 0.750. The molecular weight excluding hydrogens is 396 g/mol. The lowest BCUT2D eigenvalue weighted by Gasteiger charge is -2.28. The molecule has 3 rings (SSSR count). The molecule has 1 aliphatic rings. The van der Waals surface area contributed by atoms with Gasteiger partial charge in [0.25, 0.3) is 0 Å². The lowest BCUT2D eigenvalue weighted by molar-refractivity contribution is -0.120. The van der Waals surface area contributed by atoms with Gasteiger partial charge in [-0.1, -0.05) is 31.5 Å². The van der Waals surface area contributed by atoms with Gasteiger partial charge in [-0.2, -0.15) is 4.31 Å². The molecule has 2 aromatic carbocycles. The average molecular weight is 421 g/mol. The number of halogens is 1. The van der Waals surface area contributed by atoms with Gasteiger partial charge in [0.15, 0.2) is 0 Å². The Bertz CT molecular complexity index is 954. The minimum atomic E-state index is -3.59. The van der Waals surface area contributed by atoms with Crippen molar-refractivity contribution in [1.29, 1.82) is 0 Å². The van der Waals surface area contributed by atoms with E-state index in [2.05, 4.69) is 5.32 Å². The molecule has 5 nitrogen and oxygen atoms in total. The number of anilines is 1. The fourth-order valence-corrected chi connectivity index (χ4v) is 5.02. The zero-order valence-corrected chi connectivity index (χ0v) is 17.7. The van der Waals surface area contributed by atoms with E-state index in [0.717, 1.165) is 24.0 Å². The smallest absolute Gasteiger partial charge is 0.243 e. The molecule has 150 valence electrons. The average Bonchev–Trinajstić information content (AvgIpc) is 2.68. The van der Waals surface area contributed by atoms with Crippen molar-refractivity contribution in [3.8, 4) is 0 Å². The summed E-state index contributed by atoms with van der Waals surface area (Å²) < 4.78 is 27.4. The van der Waals surface area contributed by atoms with Crippen LogP contribution in [0.25, 0.3) is 0 Å². The second-order valence-corrected chi connectivity index (χ2v) is 9.40. The molecule has 28 heavy (non-hydrogen) atoms. The molecule has 0 aromatic heterocycles. The summed E-state index contributed by atoms with van der Waals surface area (Å²) in [6, 6.07) is 12.0. The number of sulfonamides is 1. The number of carbonyl (C=O) groups is 1. The summed E-state index contributed by atoms with van der Waals surface area (Å²) >= 11 is 5.87. The summed E-state index contributed by atoms with van der Waals surface area (Å²) in [6.07, 6.45) is 2.23. The number of carbonyl (C=O) groups excluding carboxylic acids is 1. The molecule has 1 aliphatic heterocycles. The van der Waals surface area contributed by atoms with Crippen LogP contribution < -0.4 is 5.32 Å². The third kappa shape index (κ3) is 4.40. The predicted molar refractivity (Wildman–Crippen MR) is 112 cm³/mol. The lowest BCUT2D eigenvalue weighted by Crippen LogP contribution is -2.36. The van der Waals surface area contributed by atoms with Crippen molar-refractivity contribution in [2.24, 2.45) is 5.92 Å². The molecule has 0 atom stereocenters. The minimum absolute atomic E-state index is 0.00593. The third-order valence-electron chi connectivity index (χ3n) is 5.26. The number of hydrogen-bond donors (Lipinski definition) is 1. The third-order valence-corrected chi connectivity index (χ3v) is 7.37. The van der Waals surface area contributed by atoms with Gasteiger partial charge in [0.2, 0.25) is 15.9 Å². The van der Waals surface area contributed by atoms with Gasteiger partial charge in [-0.15, -0.1) is 0 Å². The number of rotatable bonds is 6. The lowest BCUT2D eigenvalue weighted by atomic mass is 9.99. The fourth-order valence-electron chi connectivity index (χ4n) is 3.47. The fraction of sp³-hybridized carbons (Fsp3) is 0.381. The predicted octanol–water partition coefficient (Wildman–Crippen LogP) is 4.46. The van der Waals surface area contributed by atoms with E-state index in [-0.39, 0.29) is 23.3 Å². The van der Waals surface area contributed by atoms with Crippen LogP contribution in [0.5, 0.6) is 0 Å². The molecule has 0 unspecified atom stereocenters. The van der Waals surface area contributed by atoms with Gasteiger partial charge in [0.05, 0.1) is 4.90 Å². The Morgan fingerprint density at radius 2 is 1.79 bits per heavy atom. The topological polar surface area (TPSA) is 66.5 Å². The van der Waals surface area contributed by atoms with Gasteiger partial charge >= 0.3 is 0 Å². The second-order valence-electron chi connectivity index (χ2n) is 7.03. The Kier molecular flexibility index (Phi) is 6.43. The van der Waals surface area contributed by atoms with Crippen LogP contribution >= 0.6 is 11.6 Å². The Balaban J connectivity index is 1.80. The molecule has 0 radical (unpaired) electrons. The van der Waals surface area contributed by atoms with E-state index in [4.69, 9.17) is 11.6 Å². The Morgan fingerprint density at radius 3 is 2.43 bits per heavy atom. The molecule has 2 aromatic rings. The van der Waals surface area contributed by atoms with Crippen molar-refractivity contribution in [2.75, 3.05) is 11.9 Å². The van der Waals surface area contributed by atoms with Gasteiger partial charge in [-0.3, -0.25) is 4.79 Å². The van der Waals surface area contributed by atoms with Gasteiger partial charge < -0.3 is 5.32 Å². The van der Waals surface area contributed by atoms with Gasteiger partial charge in [-0.25, -0.2) is 8.42 Å². The first-order chi connectivity index (χ1) is 13.3. The Hall–Kier alpha value is -1.89. The van der Waals surface area contributed by atoms with Crippen molar-refractivity contribution < 1.29 is 13.2 Å². The molecule has 1 heterocycles. The van der Waals surface area contributed by atoms with Crippen molar-refractivity contribution in [3.05, 3.63) is 58.6 Å². The van der Waals surface area contributed by atoms with Crippen LogP contribution in [0.1, 0.15) is 37.8 Å². The van der Waals surface area contributed by atoms with Crippen molar-refractivity contribution in [3.63, 3.8) is 0 Å². The summed E-state index contributed by atoms with van der Waals surface area (Å²) in [7, 11) is -3.59. The molecule has 0 bridgehead atoms. The number of benzene rings is 2. The largest absolute Gasteiger partial charge is 0.326 e. The van der Waals surface area contributed by atoms with Crippen LogP contribution in [0.2, 0.25) is 5.02 Å². The minimum Gasteiger partial charge on any atom is -0.326 e. The van der Waals surface area contributed by atoms with E-state index in [1.165, 1.54) is 16.4 Å². The first-order valence-electron chi connectivity index (χ1n) is 9.53. The van der Waals surface area contributed by atoms with Crippen LogP contribution in [-0.4, -0.2) is 25.2 Å². The highest BCUT2D eigenvalue weighted by Crippen LogP contribution is 2.28. The molecule has 0 saturated heterocycles. The van der Waals surface area contributed by atoms with E-state index in [0.29, 0.717) is 23.7 Å². The first-order valence-corrected chi connectivity index (χ1v) is 11.3. The standard InChI is InChI=1S/C21H25ClN2O3S/c1-3-15(4-2)21(25)23-19-8-5-16-11-12-24(14-17(16)13-19)28(26,27)20-9-6-18(22)7-10-20/h5-10,13,15H,3-4,11-12,14H2,1-2H3,(H,23,25). The molecule has 0 saturated carbocycles. The van der Waals surface area contributed by atoms with Crippen LogP contribution in [0.15, 0.2) is 47.4 Å². The van der Waals surface area contributed by atoms with Crippen molar-refractivity contribution in [2.45, 2.75) is 44.6 Å². The maximum absolute atomic E-state index is 13.0. The maximum atomic E-state index is 13.0. The summed E-state index contributed by atoms with van der Waals surface area (Å²) in [6.45, 7) is 4.71. The van der Waals surface area contributed by atoms with E-state index >= 15 is 0 Å². The highest BCUT2D eigenvalue weighted by atomic mass is 35.5.